The van der Waals surface area contributed by atoms with E-state index in [0.717, 1.165) is 31.4 Å². The minimum atomic E-state index is 0. The zero-order chi connectivity index (χ0) is 15.8. The molecule has 0 aliphatic carbocycles. The van der Waals surface area contributed by atoms with Crippen LogP contribution in [0.15, 0.2) is 35.5 Å². The third kappa shape index (κ3) is 6.41. The molecular weight excluding hydrogens is 399 g/mol. The largest absolute Gasteiger partial charge is 0.361 e. The molecule has 0 saturated heterocycles. The smallest absolute Gasteiger partial charge is 0.190 e. The highest BCUT2D eigenvalue weighted by atomic mass is 127. The van der Waals surface area contributed by atoms with Gasteiger partial charge in [0.05, 0.1) is 0 Å². The first-order valence-electron chi connectivity index (χ1n) is 8.20. The second-order valence-corrected chi connectivity index (χ2v) is 6.07. The summed E-state index contributed by atoms with van der Waals surface area (Å²) < 4.78 is 0. The van der Waals surface area contributed by atoms with Crippen LogP contribution < -0.4 is 10.6 Å². The summed E-state index contributed by atoms with van der Waals surface area (Å²) in [6.07, 6.45) is 5.52. The number of hydrogen-bond donors (Lipinski definition) is 3. The van der Waals surface area contributed by atoms with Crippen molar-refractivity contribution in [3.8, 4) is 0 Å². The molecule has 1 heterocycles. The van der Waals surface area contributed by atoms with Crippen molar-refractivity contribution in [2.24, 2.45) is 10.9 Å². The highest BCUT2D eigenvalue weighted by Gasteiger charge is 2.03. The van der Waals surface area contributed by atoms with Crippen LogP contribution in [0.5, 0.6) is 0 Å². The lowest BCUT2D eigenvalue weighted by molar-refractivity contribution is 0.549. The van der Waals surface area contributed by atoms with Gasteiger partial charge in [0.1, 0.15) is 0 Å². The third-order valence-electron chi connectivity index (χ3n) is 3.84. The van der Waals surface area contributed by atoms with E-state index in [0.29, 0.717) is 0 Å². The van der Waals surface area contributed by atoms with Crippen molar-refractivity contribution in [3.05, 3.63) is 36.0 Å². The maximum absolute atomic E-state index is 4.27. The summed E-state index contributed by atoms with van der Waals surface area (Å²) >= 11 is 0. The van der Waals surface area contributed by atoms with Gasteiger partial charge in [0.25, 0.3) is 0 Å². The summed E-state index contributed by atoms with van der Waals surface area (Å²) in [5.41, 5.74) is 2.55. The summed E-state index contributed by atoms with van der Waals surface area (Å²) in [5.74, 6) is 1.65. The Morgan fingerprint density at radius 3 is 2.65 bits per heavy atom. The second kappa shape index (κ2) is 10.5. The molecule has 0 fully saturated rings. The van der Waals surface area contributed by atoms with Crippen LogP contribution in [0.3, 0.4) is 0 Å². The van der Waals surface area contributed by atoms with Gasteiger partial charge in [-0.1, -0.05) is 32.0 Å². The molecular formula is C18H29IN4. The monoisotopic (exact) mass is 428 g/mol. The number of nitrogens with zero attached hydrogens (tertiary/aromatic N) is 1. The summed E-state index contributed by atoms with van der Waals surface area (Å²) in [4.78, 5) is 7.59. The number of para-hydroxylation sites is 1. The van der Waals surface area contributed by atoms with Crippen molar-refractivity contribution < 1.29 is 0 Å². The van der Waals surface area contributed by atoms with Gasteiger partial charge >= 0.3 is 0 Å². The first kappa shape index (κ1) is 19.8. The molecule has 1 aromatic carbocycles. The van der Waals surface area contributed by atoms with E-state index in [-0.39, 0.29) is 24.0 Å². The number of fused-ring (bicyclic) bond motifs is 1. The van der Waals surface area contributed by atoms with E-state index in [1.54, 1.807) is 0 Å². The highest BCUT2D eigenvalue weighted by Crippen LogP contribution is 2.17. The number of aromatic nitrogens is 1. The molecule has 23 heavy (non-hydrogen) atoms. The summed E-state index contributed by atoms with van der Waals surface area (Å²) in [6.45, 7) is 6.37. The van der Waals surface area contributed by atoms with E-state index in [1.165, 1.54) is 29.3 Å². The molecule has 0 amide bonds. The molecule has 0 bridgehead atoms. The van der Waals surface area contributed by atoms with Crippen molar-refractivity contribution in [3.63, 3.8) is 0 Å². The number of rotatable bonds is 7. The van der Waals surface area contributed by atoms with Crippen molar-refractivity contribution >= 4 is 40.8 Å². The number of aliphatic imine (C=N–C) groups is 1. The number of H-pyrrole nitrogens is 1. The summed E-state index contributed by atoms with van der Waals surface area (Å²) in [5, 5.41) is 8.07. The van der Waals surface area contributed by atoms with Crippen LogP contribution in [0.2, 0.25) is 0 Å². The summed E-state index contributed by atoms with van der Waals surface area (Å²) in [6, 6.07) is 8.42. The van der Waals surface area contributed by atoms with Gasteiger partial charge in [0, 0.05) is 37.2 Å². The van der Waals surface area contributed by atoms with E-state index in [9.17, 15) is 0 Å². The Bertz CT molecular complexity index is 604. The lowest BCUT2D eigenvalue weighted by Gasteiger charge is -2.12. The third-order valence-corrected chi connectivity index (χ3v) is 3.84. The normalized spacial score (nSPS) is 11.6. The quantitative estimate of drug-likeness (QED) is 0.271. The molecule has 0 atom stereocenters. The van der Waals surface area contributed by atoms with Crippen molar-refractivity contribution in [1.29, 1.82) is 0 Å². The van der Waals surface area contributed by atoms with E-state index < -0.39 is 0 Å². The zero-order valence-electron chi connectivity index (χ0n) is 14.4. The highest BCUT2D eigenvalue weighted by molar-refractivity contribution is 14.0. The van der Waals surface area contributed by atoms with Crippen LogP contribution in [-0.2, 0) is 6.42 Å². The van der Waals surface area contributed by atoms with Gasteiger partial charge in [-0.3, -0.25) is 4.99 Å². The van der Waals surface area contributed by atoms with E-state index in [1.807, 2.05) is 7.05 Å². The minimum absolute atomic E-state index is 0. The standard InChI is InChI=1S/C18H28N4.HI/c1-14(2)7-6-11-20-18(19-3)21-12-10-15-13-22-17-9-5-4-8-16(15)17;/h4-5,8-9,13-14,22H,6-7,10-12H2,1-3H3,(H2,19,20,21);1H. The molecule has 2 rings (SSSR count). The molecule has 0 radical (unpaired) electrons. The maximum Gasteiger partial charge on any atom is 0.190 e. The maximum atomic E-state index is 4.27. The molecule has 0 aliphatic heterocycles. The molecule has 0 saturated carbocycles. The van der Waals surface area contributed by atoms with Crippen LogP contribution in [0, 0.1) is 5.92 Å². The first-order valence-corrected chi connectivity index (χ1v) is 8.20. The van der Waals surface area contributed by atoms with E-state index >= 15 is 0 Å². The number of hydrogen-bond acceptors (Lipinski definition) is 1. The van der Waals surface area contributed by atoms with Gasteiger partial charge < -0.3 is 15.6 Å². The molecule has 4 nitrogen and oxygen atoms in total. The lowest BCUT2D eigenvalue weighted by atomic mass is 10.1. The molecule has 1 aromatic heterocycles. The SMILES string of the molecule is CN=C(NCCCC(C)C)NCCc1c[nH]c2ccccc12.I. The lowest BCUT2D eigenvalue weighted by Crippen LogP contribution is -2.38. The molecule has 0 spiro atoms. The Labute approximate surface area is 156 Å². The van der Waals surface area contributed by atoms with Crippen LogP contribution >= 0.6 is 24.0 Å². The van der Waals surface area contributed by atoms with Gasteiger partial charge in [-0.15, -0.1) is 24.0 Å². The minimum Gasteiger partial charge on any atom is -0.361 e. The molecule has 128 valence electrons. The Kier molecular flexibility index (Phi) is 9.06. The molecule has 2 aromatic rings. The van der Waals surface area contributed by atoms with Crippen LogP contribution in [0.4, 0.5) is 0 Å². The molecule has 0 aliphatic rings. The predicted octanol–water partition coefficient (Wildman–Crippen LogP) is 3.93. The van der Waals surface area contributed by atoms with Gasteiger partial charge in [0.15, 0.2) is 5.96 Å². The number of guanidine groups is 1. The average molecular weight is 428 g/mol. The number of aromatic amines is 1. The summed E-state index contributed by atoms with van der Waals surface area (Å²) in [7, 11) is 1.82. The zero-order valence-corrected chi connectivity index (χ0v) is 16.7. The predicted molar refractivity (Wildman–Crippen MR) is 111 cm³/mol. The topological polar surface area (TPSA) is 52.2 Å². The van der Waals surface area contributed by atoms with Crippen LogP contribution in [0.25, 0.3) is 10.9 Å². The van der Waals surface area contributed by atoms with Crippen molar-refractivity contribution in [1.82, 2.24) is 15.6 Å². The Morgan fingerprint density at radius 2 is 1.91 bits per heavy atom. The van der Waals surface area contributed by atoms with Crippen LogP contribution in [-0.4, -0.2) is 31.1 Å². The fourth-order valence-electron chi connectivity index (χ4n) is 2.59. The van der Waals surface area contributed by atoms with Crippen molar-refractivity contribution in [2.75, 3.05) is 20.1 Å². The molecule has 3 N–H and O–H groups in total. The second-order valence-electron chi connectivity index (χ2n) is 6.07. The van der Waals surface area contributed by atoms with Gasteiger partial charge in [-0.25, -0.2) is 0 Å². The Balaban J connectivity index is 0.00000264. The average Bonchev–Trinajstić information content (AvgIpc) is 2.93. The number of halogens is 1. The van der Waals surface area contributed by atoms with Crippen LogP contribution in [0.1, 0.15) is 32.3 Å². The molecule has 5 heteroatoms. The van der Waals surface area contributed by atoms with E-state index in [4.69, 9.17) is 0 Å². The van der Waals surface area contributed by atoms with Gasteiger partial charge in [0.2, 0.25) is 0 Å². The first-order chi connectivity index (χ1) is 10.7. The van der Waals surface area contributed by atoms with Crippen molar-refractivity contribution in [2.45, 2.75) is 33.1 Å². The van der Waals surface area contributed by atoms with E-state index in [2.05, 4.69) is 64.9 Å². The Hall–Kier alpha value is -1.24. The van der Waals surface area contributed by atoms with Gasteiger partial charge in [-0.2, -0.15) is 0 Å². The fourth-order valence-corrected chi connectivity index (χ4v) is 2.59. The molecule has 0 unspecified atom stereocenters. The number of nitrogens with one attached hydrogen (secondary N) is 3. The van der Waals surface area contributed by atoms with Gasteiger partial charge in [-0.05, 0) is 36.8 Å². The fraction of sp³-hybridized carbons (Fsp3) is 0.500. The number of benzene rings is 1. The Morgan fingerprint density at radius 1 is 1.17 bits per heavy atom.